The molecule has 1 unspecified atom stereocenters. The summed E-state index contributed by atoms with van der Waals surface area (Å²) < 4.78 is 0. The normalized spacial score (nSPS) is 12.9. The summed E-state index contributed by atoms with van der Waals surface area (Å²) in [5.74, 6) is 1.69. The molecule has 1 atom stereocenters. The van der Waals surface area contributed by atoms with Crippen LogP contribution >= 0.6 is 0 Å². The van der Waals surface area contributed by atoms with Crippen molar-refractivity contribution in [3.05, 3.63) is 317 Å². The highest BCUT2D eigenvalue weighted by Crippen LogP contribution is 2.49. The van der Waals surface area contributed by atoms with Crippen molar-refractivity contribution in [1.29, 1.82) is 0 Å². The minimum atomic E-state index is -0.528. The van der Waals surface area contributed by atoms with E-state index in [0.717, 1.165) is 22.7 Å². The molecule has 2 heteroatoms. The van der Waals surface area contributed by atoms with Crippen LogP contribution < -0.4 is 9.80 Å². The van der Waals surface area contributed by atoms with E-state index in [1.807, 2.05) is 6.08 Å². The Morgan fingerprint density at radius 1 is 0.378 bits per heavy atom. The van der Waals surface area contributed by atoms with Gasteiger partial charge in [-0.15, -0.1) is 0 Å². The second-order valence-electron chi connectivity index (χ2n) is 26.8. The van der Waals surface area contributed by atoms with Crippen molar-refractivity contribution in [2.24, 2.45) is 17.8 Å². The summed E-state index contributed by atoms with van der Waals surface area (Å²) in [6.07, 6.45) is 4.47. The minimum Gasteiger partial charge on any atom is -0.314 e. The fraction of sp³-hybridized carbons (Fsp3) is 0.250. The third-order valence-corrected chi connectivity index (χ3v) is 18.5. The molecule has 0 spiro atoms. The molecular formula is C88H94N2. The molecule has 0 aliphatic rings. The van der Waals surface area contributed by atoms with Gasteiger partial charge in [0, 0.05) is 33.9 Å². The molecule has 456 valence electrons. The zero-order chi connectivity index (χ0) is 64.0. The maximum atomic E-state index is 4.31. The Hall–Kier alpha value is -8.98. The molecule has 0 radical (unpaired) electrons. The van der Waals surface area contributed by atoms with Crippen LogP contribution in [0, 0.1) is 31.6 Å². The predicted molar refractivity (Wildman–Crippen MR) is 391 cm³/mol. The Morgan fingerprint density at radius 3 is 1.22 bits per heavy atom. The monoisotopic (exact) mass is 1180 g/mol. The molecule has 0 N–H and O–H groups in total. The molecule has 0 amide bonds. The Morgan fingerprint density at radius 2 is 0.789 bits per heavy atom. The lowest BCUT2D eigenvalue weighted by atomic mass is 9.71. The number of rotatable bonds is 21. The molecule has 0 heterocycles. The molecule has 0 saturated heterocycles. The zero-order valence-electron chi connectivity index (χ0n) is 56.2. The van der Waals surface area contributed by atoms with Crippen LogP contribution in [0.5, 0.6) is 0 Å². The largest absolute Gasteiger partial charge is 0.314 e. The molecule has 0 aromatic heterocycles. The minimum absolute atomic E-state index is 0.175. The van der Waals surface area contributed by atoms with Gasteiger partial charge in [-0.05, 0) is 217 Å². The van der Waals surface area contributed by atoms with Gasteiger partial charge >= 0.3 is 0 Å². The molecule has 90 heavy (non-hydrogen) atoms. The number of hydrogen-bond donors (Lipinski definition) is 0. The lowest BCUT2D eigenvalue weighted by Gasteiger charge is -2.36. The van der Waals surface area contributed by atoms with Crippen LogP contribution in [-0.2, 0) is 5.41 Å². The molecule has 10 aromatic carbocycles. The van der Waals surface area contributed by atoms with Crippen molar-refractivity contribution in [3.8, 4) is 44.5 Å². The highest BCUT2D eigenvalue weighted by atomic mass is 15.2. The van der Waals surface area contributed by atoms with Gasteiger partial charge in [0.2, 0.25) is 0 Å². The second-order valence-corrected chi connectivity index (χ2v) is 26.8. The molecule has 2 nitrogen and oxygen atoms in total. The number of anilines is 5. The third-order valence-electron chi connectivity index (χ3n) is 18.5. The first-order chi connectivity index (χ1) is 43.3. The van der Waals surface area contributed by atoms with Gasteiger partial charge in [0.1, 0.15) is 0 Å². The molecule has 0 aliphatic heterocycles. The van der Waals surface area contributed by atoms with Crippen molar-refractivity contribution in [1.82, 2.24) is 0 Å². The van der Waals surface area contributed by atoms with Crippen molar-refractivity contribution in [3.63, 3.8) is 0 Å². The van der Waals surface area contributed by atoms with Crippen LogP contribution in [0.1, 0.15) is 152 Å². The maximum Gasteiger partial charge on any atom is 0.0531 e. The summed E-state index contributed by atoms with van der Waals surface area (Å²) in [6, 6.07) is 88.8. The quantitative estimate of drug-likeness (QED) is 0.0523. The smallest absolute Gasteiger partial charge is 0.0531 e. The van der Waals surface area contributed by atoms with Crippen LogP contribution in [0.2, 0.25) is 0 Å². The van der Waals surface area contributed by atoms with E-state index in [0.29, 0.717) is 11.8 Å². The topological polar surface area (TPSA) is 6.48 Å². The van der Waals surface area contributed by atoms with Gasteiger partial charge in [0.15, 0.2) is 0 Å². The standard InChI is InChI=1S/C88H94N2/c1-17-66(58(2)3)53-81(60(6)7)86(63(12)13)89(79-45-39-64(14)84(56-79)71-35-27-33-69(51-71)67-29-21-18-22-30-67)77-47-41-75(42-48-77)88(16,74-37-25-20-26-38-74)76-43-49-78(50-44-76)90(87-82(61(8)9)54-73(59(4)5)55-83(87)62(10)11)80-46-40-65(15)85(57-80)72-36-28-34-70(52-72)68-31-23-19-24-32-68/h17-63H,1H2,2-16H3/b66-53+,86-81-. The van der Waals surface area contributed by atoms with Crippen LogP contribution in [0.25, 0.3) is 44.5 Å². The lowest BCUT2D eigenvalue weighted by molar-refractivity contribution is 0.683. The van der Waals surface area contributed by atoms with E-state index in [9.17, 15) is 0 Å². The molecule has 0 aliphatic carbocycles. The molecule has 0 saturated carbocycles. The van der Waals surface area contributed by atoms with E-state index in [1.54, 1.807) is 0 Å². The highest BCUT2D eigenvalue weighted by molar-refractivity contribution is 5.86. The average Bonchev–Trinajstić information content (AvgIpc) is 0.777. The average molecular weight is 1180 g/mol. The molecule has 10 rings (SSSR count). The molecule has 10 aromatic rings. The first kappa shape index (κ1) is 64.0. The lowest BCUT2D eigenvalue weighted by Crippen LogP contribution is -2.26. The summed E-state index contributed by atoms with van der Waals surface area (Å²) >= 11 is 0. The Balaban J connectivity index is 1.14. The van der Waals surface area contributed by atoms with Crippen LogP contribution in [0.3, 0.4) is 0 Å². The Labute approximate surface area is 541 Å². The number of allylic oxidation sites excluding steroid dienone is 5. The van der Waals surface area contributed by atoms with Crippen LogP contribution in [0.4, 0.5) is 28.4 Å². The number of hydrogen-bond acceptors (Lipinski definition) is 2. The SMILES string of the molecule is C=C/C(=C\C(=C(/C(C)C)N(c1ccc(C(C)(c2ccccc2)c2ccc(N(c3ccc(C)c(-c4cccc(-c5ccccc5)c4)c3)c3c(C(C)C)cc(C(C)C)cc3C(C)C)cc2)cc1)c1ccc(C)c(-c2cccc(-c3ccccc3)c2)c1)C(C)C)C(C)C. The molecular weight excluding hydrogens is 1080 g/mol. The van der Waals surface area contributed by atoms with Gasteiger partial charge in [-0.1, -0.05) is 278 Å². The number of benzene rings is 10. The van der Waals surface area contributed by atoms with Gasteiger partial charge in [-0.2, -0.15) is 0 Å². The Kier molecular flexibility index (Phi) is 19.8. The van der Waals surface area contributed by atoms with Crippen molar-refractivity contribution < 1.29 is 0 Å². The van der Waals surface area contributed by atoms with Gasteiger partial charge in [-0.25, -0.2) is 0 Å². The van der Waals surface area contributed by atoms with E-state index < -0.39 is 5.41 Å². The molecule has 0 fully saturated rings. The van der Waals surface area contributed by atoms with Gasteiger partial charge in [0.05, 0.1) is 5.69 Å². The van der Waals surface area contributed by atoms with Gasteiger partial charge in [0.25, 0.3) is 0 Å². The van der Waals surface area contributed by atoms with Gasteiger partial charge in [-0.3, -0.25) is 0 Å². The van der Waals surface area contributed by atoms with Gasteiger partial charge < -0.3 is 9.80 Å². The second kappa shape index (κ2) is 27.8. The zero-order valence-corrected chi connectivity index (χ0v) is 56.2. The number of aryl methyl sites for hydroxylation is 2. The van der Waals surface area contributed by atoms with Crippen LogP contribution in [0.15, 0.2) is 272 Å². The van der Waals surface area contributed by atoms with E-state index in [1.165, 1.54) is 112 Å². The highest BCUT2D eigenvalue weighted by Gasteiger charge is 2.33. The summed E-state index contributed by atoms with van der Waals surface area (Å²) in [6.45, 7) is 39.2. The number of nitrogens with zero attached hydrogens (tertiary/aromatic N) is 2. The summed E-state index contributed by atoms with van der Waals surface area (Å²) in [5, 5.41) is 0. The van der Waals surface area contributed by atoms with Crippen molar-refractivity contribution in [2.45, 2.75) is 127 Å². The fourth-order valence-electron chi connectivity index (χ4n) is 13.2. The first-order valence-corrected chi connectivity index (χ1v) is 32.9. The third kappa shape index (κ3) is 13.5. The van der Waals surface area contributed by atoms with Crippen molar-refractivity contribution >= 4 is 28.4 Å². The van der Waals surface area contributed by atoms with Crippen molar-refractivity contribution in [2.75, 3.05) is 9.80 Å². The predicted octanol–water partition coefficient (Wildman–Crippen LogP) is 25.6. The fourth-order valence-corrected chi connectivity index (χ4v) is 13.2. The molecule has 0 bridgehead atoms. The maximum absolute atomic E-state index is 4.31. The van der Waals surface area contributed by atoms with E-state index >= 15 is 0 Å². The van der Waals surface area contributed by atoms with Crippen LogP contribution in [-0.4, -0.2) is 0 Å². The summed E-state index contributed by atoms with van der Waals surface area (Å²) in [7, 11) is 0. The first-order valence-electron chi connectivity index (χ1n) is 32.9. The van der Waals surface area contributed by atoms with E-state index in [4.69, 9.17) is 0 Å². The van der Waals surface area contributed by atoms with E-state index in [-0.39, 0.29) is 23.7 Å². The summed E-state index contributed by atoms with van der Waals surface area (Å²) in [5.41, 5.74) is 29.0. The van der Waals surface area contributed by atoms with E-state index in [2.05, 4.69) is 363 Å². The summed E-state index contributed by atoms with van der Waals surface area (Å²) in [4.78, 5) is 5.12. The Bertz CT molecular complexity index is 4130.